The predicted octanol–water partition coefficient (Wildman–Crippen LogP) is 6.09. The molecule has 0 unspecified atom stereocenters. The molecule has 0 saturated heterocycles. The number of thioether (sulfide) groups is 1. The van der Waals surface area contributed by atoms with E-state index in [4.69, 9.17) is 11.3 Å². The molecular formula is C21H18N2O2S2. The van der Waals surface area contributed by atoms with Crippen molar-refractivity contribution in [3.8, 4) is 11.1 Å². The standard InChI is InChI=1S/C21H18N2O2S2/c1-3-25-20(24)21(11-4-12-21)26-17-10-7-15-13-23-27-19(15)18(17)14-5-8-16(22-2)9-6-14/h5-10,13H,3-4,11-12H2,1H3. The van der Waals surface area contributed by atoms with Crippen LogP contribution < -0.4 is 0 Å². The van der Waals surface area contributed by atoms with Gasteiger partial charge in [0, 0.05) is 22.0 Å². The molecule has 27 heavy (non-hydrogen) atoms. The minimum absolute atomic E-state index is 0.111. The fourth-order valence-electron chi connectivity index (χ4n) is 3.30. The molecule has 136 valence electrons. The molecule has 1 saturated carbocycles. The largest absolute Gasteiger partial charge is 0.465 e. The first-order chi connectivity index (χ1) is 13.2. The Kier molecular flexibility index (Phi) is 4.90. The van der Waals surface area contributed by atoms with E-state index in [9.17, 15) is 4.79 Å². The van der Waals surface area contributed by atoms with Gasteiger partial charge in [-0.15, -0.1) is 11.8 Å². The highest BCUT2D eigenvalue weighted by Gasteiger charge is 2.47. The number of benzene rings is 2. The predicted molar refractivity (Wildman–Crippen MR) is 110 cm³/mol. The van der Waals surface area contributed by atoms with Crippen LogP contribution in [-0.4, -0.2) is 21.7 Å². The second-order valence-electron chi connectivity index (χ2n) is 6.51. The second-order valence-corrected chi connectivity index (χ2v) is 8.74. The van der Waals surface area contributed by atoms with Crippen molar-refractivity contribution in [1.82, 2.24) is 4.37 Å². The summed E-state index contributed by atoms with van der Waals surface area (Å²) in [6.07, 6.45) is 4.60. The molecule has 1 aliphatic carbocycles. The first-order valence-electron chi connectivity index (χ1n) is 8.88. The van der Waals surface area contributed by atoms with E-state index in [2.05, 4.69) is 21.4 Å². The van der Waals surface area contributed by atoms with Gasteiger partial charge in [-0.1, -0.05) is 30.3 Å². The number of rotatable bonds is 5. The third-order valence-corrected chi connectivity index (χ3v) is 7.24. The van der Waals surface area contributed by atoms with Crippen LogP contribution in [0.1, 0.15) is 26.2 Å². The highest BCUT2D eigenvalue weighted by molar-refractivity contribution is 8.01. The van der Waals surface area contributed by atoms with Gasteiger partial charge in [-0.25, -0.2) is 4.85 Å². The number of carbonyl (C=O) groups excluding carboxylic acids is 1. The van der Waals surface area contributed by atoms with Crippen LogP contribution in [0, 0.1) is 6.57 Å². The van der Waals surface area contributed by atoms with E-state index in [1.807, 2.05) is 37.4 Å². The molecule has 0 N–H and O–H groups in total. The molecule has 3 aromatic rings. The number of hydrogen-bond donors (Lipinski definition) is 0. The van der Waals surface area contributed by atoms with Gasteiger partial charge < -0.3 is 4.74 Å². The summed E-state index contributed by atoms with van der Waals surface area (Å²) in [5.74, 6) is -0.111. The van der Waals surface area contributed by atoms with Crippen molar-refractivity contribution in [3.63, 3.8) is 0 Å². The molecule has 1 fully saturated rings. The van der Waals surface area contributed by atoms with E-state index in [-0.39, 0.29) is 5.97 Å². The van der Waals surface area contributed by atoms with E-state index < -0.39 is 4.75 Å². The lowest BCUT2D eigenvalue weighted by Crippen LogP contribution is -2.43. The van der Waals surface area contributed by atoms with Crippen LogP contribution in [0.4, 0.5) is 5.69 Å². The van der Waals surface area contributed by atoms with E-state index in [1.165, 1.54) is 11.5 Å². The Bertz CT molecular complexity index is 1030. The average Bonchev–Trinajstić information content (AvgIpc) is 3.13. The second kappa shape index (κ2) is 7.34. The van der Waals surface area contributed by atoms with Crippen LogP contribution in [0.2, 0.25) is 0 Å². The number of fused-ring (bicyclic) bond motifs is 1. The minimum Gasteiger partial charge on any atom is -0.465 e. The Morgan fingerprint density at radius 3 is 2.70 bits per heavy atom. The Hall–Kier alpha value is -2.36. The van der Waals surface area contributed by atoms with Crippen molar-refractivity contribution >= 4 is 45.0 Å². The van der Waals surface area contributed by atoms with E-state index in [1.54, 1.807) is 11.8 Å². The summed E-state index contributed by atoms with van der Waals surface area (Å²) < 4.78 is 10.3. The SMILES string of the molecule is [C-]#[N+]c1ccc(-c2c(SC3(C(=O)OCC)CCC3)ccc3cnsc23)cc1. The van der Waals surface area contributed by atoms with Crippen LogP contribution in [0.3, 0.4) is 0 Å². The smallest absolute Gasteiger partial charge is 0.322 e. The summed E-state index contributed by atoms with van der Waals surface area (Å²) in [5.41, 5.74) is 2.75. The number of hydrogen-bond acceptors (Lipinski definition) is 5. The summed E-state index contributed by atoms with van der Waals surface area (Å²) in [6, 6.07) is 11.8. The first-order valence-corrected chi connectivity index (χ1v) is 10.5. The van der Waals surface area contributed by atoms with Crippen LogP contribution in [-0.2, 0) is 9.53 Å². The number of nitrogens with zero attached hydrogens (tertiary/aromatic N) is 2. The highest BCUT2D eigenvalue weighted by Crippen LogP contribution is 2.52. The Morgan fingerprint density at radius 2 is 2.07 bits per heavy atom. The maximum Gasteiger partial charge on any atom is 0.322 e. The zero-order chi connectivity index (χ0) is 18.9. The molecule has 1 aliphatic rings. The Balaban J connectivity index is 1.81. The zero-order valence-corrected chi connectivity index (χ0v) is 16.5. The monoisotopic (exact) mass is 394 g/mol. The molecule has 0 amide bonds. The molecule has 4 rings (SSSR count). The van der Waals surface area contributed by atoms with Crippen molar-refractivity contribution in [2.45, 2.75) is 35.8 Å². The normalized spacial score (nSPS) is 15.1. The molecule has 4 nitrogen and oxygen atoms in total. The van der Waals surface area contributed by atoms with Gasteiger partial charge in [-0.2, -0.15) is 4.37 Å². The van der Waals surface area contributed by atoms with Crippen LogP contribution in [0.5, 0.6) is 0 Å². The Morgan fingerprint density at radius 1 is 1.30 bits per heavy atom. The summed E-state index contributed by atoms with van der Waals surface area (Å²) in [6.45, 7) is 9.42. The minimum atomic E-state index is -0.487. The van der Waals surface area contributed by atoms with Gasteiger partial charge in [0.1, 0.15) is 4.75 Å². The van der Waals surface area contributed by atoms with Gasteiger partial charge in [-0.3, -0.25) is 4.79 Å². The average molecular weight is 395 g/mol. The van der Waals surface area contributed by atoms with Crippen molar-refractivity contribution in [3.05, 3.63) is 54.0 Å². The molecule has 6 heteroatoms. The topological polar surface area (TPSA) is 43.5 Å². The molecule has 0 spiro atoms. The summed E-state index contributed by atoms with van der Waals surface area (Å²) in [7, 11) is 0. The third kappa shape index (κ3) is 3.22. The molecule has 0 radical (unpaired) electrons. The van der Waals surface area contributed by atoms with E-state index in [0.717, 1.165) is 45.4 Å². The lowest BCUT2D eigenvalue weighted by molar-refractivity contribution is -0.148. The van der Waals surface area contributed by atoms with Crippen LogP contribution in [0.25, 0.3) is 26.1 Å². The van der Waals surface area contributed by atoms with Gasteiger partial charge in [-0.05, 0) is 49.3 Å². The van der Waals surface area contributed by atoms with Gasteiger partial charge >= 0.3 is 5.97 Å². The zero-order valence-electron chi connectivity index (χ0n) is 14.9. The molecule has 0 atom stereocenters. The van der Waals surface area contributed by atoms with Gasteiger partial charge in [0.05, 0.1) is 17.9 Å². The summed E-state index contributed by atoms with van der Waals surface area (Å²) >= 11 is 3.08. The van der Waals surface area contributed by atoms with Gasteiger partial charge in [0.2, 0.25) is 0 Å². The fraction of sp³-hybridized carbons (Fsp3) is 0.286. The lowest BCUT2D eigenvalue weighted by atomic mass is 9.84. The summed E-state index contributed by atoms with van der Waals surface area (Å²) in [5, 5.41) is 1.09. The van der Waals surface area contributed by atoms with Crippen molar-refractivity contribution in [2.24, 2.45) is 0 Å². The lowest BCUT2D eigenvalue weighted by Gasteiger charge is -2.38. The fourth-order valence-corrected chi connectivity index (χ4v) is 5.69. The molecule has 1 heterocycles. The number of aromatic nitrogens is 1. The molecule has 0 aliphatic heterocycles. The number of esters is 1. The van der Waals surface area contributed by atoms with Crippen LogP contribution >= 0.6 is 23.3 Å². The van der Waals surface area contributed by atoms with Crippen molar-refractivity contribution in [1.29, 1.82) is 0 Å². The summed E-state index contributed by atoms with van der Waals surface area (Å²) in [4.78, 5) is 17.2. The first kappa shape index (κ1) is 18.0. The Labute approximate surface area is 166 Å². The molecule has 2 aromatic carbocycles. The van der Waals surface area contributed by atoms with Crippen molar-refractivity contribution < 1.29 is 9.53 Å². The maximum atomic E-state index is 12.6. The highest BCUT2D eigenvalue weighted by atomic mass is 32.2. The van der Waals surface area contributed by atoms with Gasteiger partial charge in [0.15, 0.2) is 5.69 Å². The maximum absolute atomic E-state index is 12.6. The molecular weight excluding hydrogens is 376 g/mol. The van der Waals surface area contributed by atoms with E-state index in [0.29, 0.717) is 12.3 Å². The van der Waals surface area contributed by atoms with Gasteiger partial charge in [0.25, 0.3) is 0 Å². The quantitative estimate of drug-likeness (QED) is 0.388. The number of ether oxygens (including phenoxy) is 1. The third-order valence-electron chi connectivity index (χ3n) is 4.88. The number of carbonyl (C=O) groups is 1. The molecule has 1 aromatic heterocycles. The molecule has 0 bridgehead atoms. The van der Waals surface area contributed by atoms with Crippen molar-refractivity contribution in [2.75, 3.05) is 6.61 Å². The van der Waals surface area contributed by atoms with Crippen LogP contribution in [0.15, 0.2) is 47.5 Å². The van der Waals surface area contributed by atoms with E-state index >= 15 is 0 Å².